The zero-order valence-electron chi connectivity index (χ0n) is 12.1. The van der Waals surface area contributed by atoms with E-state index in [1.807, 2.05) is 12.1 Å². The molecule has 0 spiro atoms. The average Bonchev–Trinajstić information content (AvgIpc) is 2.48. The van der Waals surface area contributed by atoms with Gasteiger partial charge in [0.25, 0.3) is 0 Å². The fourth-order valence-electron chi connectivity index (χ4n) is 4.00. The minimum Gasteiger partial charge on any atom is -0.384 e. The average molecular weight is 271 g/mol. The molecule has 0 bridgehead atoms. The van der Waals surface area contributed by atoms with Crippen LogP contribution in [0.1, 0.15) is 49.7 Å². The lowest BCUT2D eigenvalue weighted by molar-refractivity contribution is 0.0547. The van der Waals surface area contributed by atoms with E-state index in [4.69, 9.17) is 11.1 Å². The Morgan fingerprint density at radius 1 is 1.20 bits per heavy atom. The van der Waals surface area contributed by atoms with E-state index in [9.17, 15) is 0 Å². The molecule has 1 aliphatic heterocycles. The number of rotatable bonds is 3. The molecule has 20 heavy (non-hydrogen) atoms. The zero-order chi connectivity index (χ0) is 13.9. The number of hydrogen-bond donors (Lipinski definition) is 2. The van der Waals surface area contributed by atoms with Crippen molar-refractivity contribution >= 4 is 5.84 Å². The van der Waals surface area contributed by atoms with Gasteiger partial charge < -0.3 is 5.73 Å². The standard InChI is InChI=1S/C17H25N3/c18-17(19)15-7-3-5-13(11-15)12-20-10-4-8-14-6-1-2-9-16(14)20/h3,5,7,11,14,16H,1-2,4,6,8-10,12H2,(H3,18,19)/t14-,16-/m1/s1. The van der Waals surface area contributed by atoms with Gasteiger partial charge in [0.2, 0.25) is 0 Å². The van der Waals surface area contributed by atoms with Crippen LogP contribution in [0.2, 0.25) is 0 Å². The second-order valence-electron chi connectivity index (χ2n) is 6.34. The van der Waals surface area contributed by atoms with Crippen LogP contribution in [0.4, 0.5) is 0 Å². The predicted octanol–water partition coefficient (Wildman–Crippen LogP) is 3.13. The van der Waals surface area contributed by atoms with Crippen LogP contribution in [0.3, 0.4) is 0 Å². The molecule has 0 unspecified atom stereocenters. The fourth-order valence-corrected chi connectivity index (χ4v) is 4.00. The van der Waals surface area contributed by atoms with E-state index in [1.165, 1.54) is 50.6 Å². The largest absolute Gasteiger partial charge is 0.384 e. The number of hydrogen-bond acceptors (Lipinski definition) is 2. The molecule has 3 nitrogen and oxygen atoms in total. The highest BCUT2D eigenvalue weighted by Crippen LogP contribution is 2.35. The molecule has 0 amide bonds. The molecule has 1 aromatic rings. The maximum Gasteiger partial charge on any atom is 0.122 e. The van der Waals surface area contributed by atoms with Crippen molar-refractivity contribution < 1.29 is 0 Å². The van der Waals surface area contributed by atoms with Crippen LogP contribution < -0.4 is 5.73 Å². The number of likely N-dealkylation sites (tertiary alicyclic amines) is 1. The molecule has 1 saturated heterocycles. The van der Waals surface area contributed by atoms with Gasteiger partial charge in [0.15, 0.2) is 0 Å². The summed E-state index contributed by atoms with van der Waals surface area (Å²) < 4.78 is 0. The van der Waals surface area contributed by atoms with E-state index in [2.05, 4.69) is 17.0 Å². The third-order valence-corrected chi connectivity index (χ3v) is 4.98. The molecule has 108 valence electrons. The summed E-state index contributed by atoms with van der Waals surface area (Å²) in [6, 6.07) is 8.98. The molecule has 1 aliphatic carbocycles. The number of amidine groups is 1. The van der Waals surface area contributed by atoms with Gasteiger partial charge in [-0.25, -0.2) is 0 Å². The van der Waals surface area contributed by atoms with Crippen molar-refractivity contribution in [3.63, 3.8) is 0 Å². The Hall–Kier alpha value is -1.35. The number of piperidine rings is 1. The third kappa shape index (κ3) is 2.88. The second-order valence-corrected chi connectivity index (χ2v) is 6.34. The van der Waals surface area contributed by atoms with Crippen LogP contribution in [0.25, 0.3) is 0 Å². The van der Waals surface area contributed by atoms with Crippen LogP contribution in [0.15, 0.2) is 24.3 Å². The molecule has 1 aromatic carbocycles. The van der Waals surface area contributed by atoms with Gasteiger partial charge in [-0.2, -0.15) is 0 Å². The van der Waals surface area contributed by atoms with Crippen LogP contribution >= 0.6 is 0 Å². The van der Waals surface area contributed by atoms with Crippen molar-refractivity contribution in [1.29, 1.82) is 5.41 Å². The van der Waals surface area contributed by atoms with Gasteiger partial charge in [0.1, 0.15) is 5.84 Å². The van der Waals surface area contributed by atoms with E-state index < -0.39 is 0 Å². The van der Waals surface area contributed by atoms with Crippen molar-refractivity contribution in [3.05, 3.63) is 35.4 Å². The summed E-state index contributed by atoms with van der Waals surface area (Å²) in [5.74, 6) is 1.09. The first-order chi connectivity index (χ1) is 9.74. The SMILES string of the molecule is N=C(N)c1cccc(CN2CCC[C@H]3CCCC[C@H]32)c1. The molecular formula is C17H25N3. The maximum absolute atomic E-state index is 7.56. The summed E-state index contributed by atoms with van der Waals surface area (Å²) in [5.41, 5.74) is 7.73. The lowest BCUT2D eigenvalue weighted by Gasteiger charge is -2.44. The van der Waals surface area contributed by atoms with E-state index >= 15 is 0 Å². The maximum atomic E-state index is 7.56. The van der Waals surface area contributed by atoms with Crippen LogP contribution in [0.5, 0.6) is 0 Å². The molecule has 2 aliphatic rings. The topological polar surface area (TPSA) is 53.1 Å². The van der Waals surface area contributed by atoms with Gasteiger partial charge in [-0.1, -0.05) is 31.0 Å². The molecule has 1 saturated carbocycles. The number of nitrogens with one attached hydrogen (secondary N) is 1. The molecule has 1 heterocycles. The molecule has 3 heteroatoms. The lowest BCUT2D eigenvalue weighted by Crippen LogP contribution is -2.46. The Bertz CT molecular complexity index is 481. The van der Waals surface area contributed by atoms with Gasteiger partial charge >= 0.3 is 0 Å². The highest BCUT2D eigenvalue weighted by molar-refractivity contribution is 5.95. The Morgan fingerprint density at radius 2 is 2.00 bits per heavy atom. The smallest absolute Gasteiger partial charge is 0.122 e. The Labute approximate surface area is 121 Å². The molecule has 3 rings (SSSR count). The Kier molecular flexibility index (Phi) is 4.06. The van der Waals surface area contributed by atoms with Crippen LogP contribution in [-0.4, -0.2) is 23.3 Å². The summed E-state index contributed by atoms with van der Waals surface area (Å²) in [5, 5.41) is 7.56. The van der Waals surface area contributed by atoms with Crippen molar-refractivity contribution in [2.75, 3.05) is 6.54 Å². The summed E-state index contributed by atoms with van der Waals surface area (Å²) >= 11 is 0. The molecule has 0 radical (unpaired) electrons. The fraction of sp³-hybridized carbons (Fsp3) is 0.588. The minimum absolute atomic E-state index is 0.168. The summed E-state index contributed by atoms with van der Waals surface area (Å²) in [7, 11) is 0. The van der Waals surface area contributed by atoms with Crippen molar-refractivity contribution in [2.45, 2.75) is 51.1 Å². The van der Waals surface area contributed by atoms with E-state index in [-0.39, 0.29) is 5.84 Å². The third-order valence-electron chi connectivity index (χ3n) is 4.98. The summed E-state index contributed by atoms with van der Waals surface area (Å²) in [6.45, 7) is 2.24. The van der Waals surface area contributed by atoms with Gasteiger partial charge in [-0.3, -0.25) is 10.3 Å². The highest BCUT2D eigenvalue weighted by Gasteiger charge is 2.32. The number of benzene rings is 1. The van der Waals surface area contributed by atoms with Gasteiger partial charge in [-0.15, -0.1) is 0 Å². The monoisotopic (exact) mass is 271 g/mol. The predicted molar refractivity (Wildman–Crippen MR) is 82.8 cm³/mol. The highest BCUT2D eigenvalue weighted by atomic mass is 15.2. The van der Waals surface area contributed by atoms with E-state index in [1.54, 1.807) is 0 Å². The number of nitrogens with zero attached hydrogens (tertiary/aromatic N) is 1. The van der Waals surface area contributed by atoms with Crippen LogP contribution in [0, 0.1) is 11.3 Å². The number of fused-ring (bicyclic) bond motifs is 1. The molecule has 0 aromatic heterocycles. The minimum atomic E-state index is 0.168. The van der Waals surface area contributed by atoms with Gasteiger partial charge in [0, 0.05) is 18.2 Å². The first-order valence-electron chi connectivity index (χ1n) is 7.91. The van der Waals surface area contributed by atoms with E-state index in [0.29, 0.717) is 0 Å². The molecular weight excluding hydrogens is 246 g/mol. The van der Waals surface area contributed by atoms with Crippen molar-refractivity contribution in [1.82, 2.24) is 4.90 Å². The van der Waals surface area contributed by atoms with E-state index in [0.717, 1.165) is 24.1 Å². The molecule has 3 N–H and O–H groups in total. The van der Waals surface area contributed by atoms with Crippen LogP contribution in [-0.2, 0) is 6.54 Å². The Morgan fingerprint density at radius 3 is 2.85 bits per heavy atom. The van der Waals surface area contributed by atoms with Crippen molar-refractivity contribution in [2.24, 2.45) is 11.7 Å². The number of nitrogen functional groups attached to an aromatic ring is 1. The molecule has 2 atom stereocenters. The number of nitrogens with two attached hydrogens (primary N) is 1. The van der Waals surface area contributed by atoms with Gasteiger partial charge in [-0.05, 0) is 49.8 Å². The Balaban J connectivity index is 1.72. The molecule has 2 fully saturated rings. The summed E-state index contributed by atoms with van der Waals surface area (Å²) in [6.07, 6.45) is 8.38. The van der Waals surface area contributed by atoms with Crippen molar-refractivity contribution in [3.8, 4) is 0 Å². The van der Waals surface area contributed by atoms with Gasteiger partial charge in [0.05, 0.1) is 0 Å². The first-order valence-corrected chi connectivity index (χ1v) is 7.91. The quantitative estimate of drug-likeness (QED) is 0.655. The second kappa shape index (κ2) is 5.96. The summed E-state index contributed by atoms with van der Waals surface area (Å²) in [4.78, 5) is 2.67. The zero-order valence-corrected chi connectivity index (χ0v) is 12.1. The normalized spacial score (nSPS) is 27.0. The lowest BCUT2D eigenvalue weighted by atomic mass is 9.78. The first kappa shape index (κ1) is 13.6.